The highest BCUT2D eigenvalue weighted by molar-refractivity contribution is 8.04. The van der Waals surface area contributed by atoms with Crippen molar-refractivity contribution in [3.8, 4) is 0 Å². The van der Waals surface area contributed by atoms with Gasteiger partial charge in [0.05, 0.1) is 10.6 Å². The monoisotopic (exact) mass is 412 g/mol. The smallest absolute Gasteiger partial charge is 0.265 e. The fourth-order valence-electron chi connectivity index (χ4n) is 3.51. The number of fused-ring (bicyclic) bond motifs is 1. The fraction of sp³-hybridized carbons (Fsp3) is 0.273. The van der Waals surface area contributed by atoms with E-state index in [0.29, 0.717) is 9.93 Å². The molecule has 2 aromatic rings. The predicted molar refractivity (Wildman–Crippen MR) is 115 cm³/mol. The average Bonchev–Trinajstić information content (AvgIpc) is 2.73. The second-order valence-electron chi connectivity index (χ2n) is 6.96. The summed E-state index contributed by atoms with van der Waals surface area (Å²) in [6, 6.07) is 15.1. The van der Waals surface area contributed by atoms with E-state index in [1.54, 1.807) is 17.0 Å². The summed E-state index contributed by atoms with van der Waals surface area (Å²) in [5.41, 5.74) is 1.71. The minimum Gasteiger partial charge on any atom is -0.341 e. The SMILES string of the molecule is O=C(CN1C(=O)C(=Cc2ccc(Cl)cc2)Sc2ccccc21)N1CCCCC1. The van der Waals surface area contributed by atoms with Gasteiger partial charge >= 0.3 is 0 Å². The van der Waals surface area contributed by atoms with Gasteiger partial charge in [-0.3, -0.25) is 14.5 Å². The molecule has 1 fully saturated rings. The van der Waals surface area contributed by atoms with Crippen molar-refractivity contribution in [1.29, 1.82) is 0 Å². The summed E-state index contributed by atoms with van der Waals surface area (Å²) in [7, 11) is 0. The molecule has 144 valence electrons. The molecule has 0 atom stereocenters. The van der Waals surface area contributed by atoms with Crippen LogP contribution in [-0.4, -0.2) is 36.3 Å². The van der Waals surface area contributed by atoms with Gasteiger partial charge in [0, 0.05) is 23.0 Å². The van der Waals surface area contributed by atoms with Crippen molar-refractivity contribution < 1.29 is 9.59 Å². The van der Waals surface area contributed by atoms with Gasteiger partial charge in [0.15, 0.2) is 0 Å². The van der Waals surface area contributed by atoms with Crippen LogP contribution in [0.4, 0.5) is 5.69 Å². The molecule has 0 aromatic heterocycles. The zero-order valence-electron chi connectivity index (χ0n) is 15.4. The number of amides is 2. The van der Waals surface area contributed by atoms with Crippen LogP contribution in [0.1, 0.15) is 24.8 Å². The lowest BCUT2D eigenvalue weighted by molar-refractivity contribution is -0.131. The summed E-state index contributed by atoms with van der Waals surface area (Å²) in [5.74, 6) is -0.121. The van der Waals surface area contributed by atoms with E-state index in [2.05, 4.69) is 0 Å². The molecule has 0 unspecified atom stereocenters. The van der Waals surface area contributed by atoms with Gasteiger partial charge in [0.25, 0.3) is 5.91 Å². The zero-order valence-corrected chi connectivity index (χ0v) is 17.0. The molecule has 0 radical (unpaired) electrons. The molecule has 1 saturated heterocycles. The lowest BCUT2D eigenvalue weighted by atomic mass is 10.1. The molecular formula is C22H21ClN2O2S. The van der Waals surface area contributed by atoms with Crippen LogP contribution >= 0.6 is 23.4 Å². The Morgan fingerprint density at radius 3 is 2.50 bits per heavy atom. The van der Waals surface area contributed by atoms with Crippen molar-refractivity contribution >= 4 is 46.9 Å². The van der Waals surface area contributed by atoms with Crippen molar-refractivity contribution in [3.63, 3.8) is 0 Å². The van der Waals surface area contributed by atoms with Gasteiger partial charge in [-0.15, -0.1) is 0 Å². The average molecular weight is 413 g/mol. The Labute approximate surface area is 174 Å². The number of likely N-dealkylation sites (tertiary alicyclic amines) is 1. The van der Waals surface area contributed by atoms with E-state index in [9.17, 15) is 9.59 Å². The Hall–Kier alpha value is -2.24. The molecule has 4 nitrogen and oxygen atoms in total. The maximum Gasteiger partial charge on any atom is 0.265 e. The lowest BCUT2D eigenvalue weighted by Gasteiger charge is -2.33. The number of thioether (sulfide) groups is 1. The Kier molecular flexibility index (Phi) is 5.74. The molecule has 2 aromatic carbocycles. The lowest BCUT2D eigenvalue weighted by Crippen LogP contribution is -2.46. The molecule has 4 rings (SSSR count). The molecule has 0 N–H and O–H groups in total. The Morgan fingerprint density at radius 1 is 1.04 bits per heavy atom. The number of halogens is 1. The normalized spacial score (nSPS) is 18.3. The van der Waals surface area contributed by atoms with Crippen molar-refractivity contribution in [2.75, 3.05) is 24.5 Å². The molecule has 6 heteroatoms. The second-order valence-corrected chi connectivity index (χ2v) is 8.48. The number of hydrogen-bond acceptors (Lipinski definition) is 3. The van der Waals surface area contributed by atoms with Crippen LogP contribution in [0.3, 0.4) is 0 Å². The molecule has 2 aliphatic heterocycles. The van der Waals surface area contributed by atoms with Gasteiger partial charge in [-0.05, 0) is 55.2 Å². The van der Waals surface area contributed by atoms with E-state index in [4.69, 9.17) is 11.6 Å². The van der Waals surface area contributed by atoms with Crippen LogP contribution in [-0.2, 0) is 9.59 Å². The number of piperidine rings is 1. The predicted octanol–water partition coefficient (Wildman–Crippen LogP) is 4.83. The standard InChI is InChI=1S/C22H21ClN2O2S/c23-17-10-8-16(9-11-17)14-20-22(27)25(18-6-2-3-7-19(18)28-20)15-21(26)24-12-4-1-5-13-24/h2-3,6-11,14H,1,4-5,12-13,15H2. The molecular weight excluding hydrogens is 392 g/mol. The van der Waals surface area contributed by atoms with Crippen molar-refractivity contribution in [1.82, 2.24) is 4.90 Å². The number of anilines is 1. The number of hydrogen-bond donors (Lipinski definition) is 0. The van der Waals surface area contributed by atoms with Crippen molar-refractivity contribution in [2.45, 2.75) is 24.2 Å². The minimum absolute atomic E-state index is 0.0144. The molecule has 2 heterocycles. The summed E-state index contributed by atoms with van der Waals surface area (Å²) in [5, 5.41) is 0.656. The van der Waals surface area contributed by atoms with Crippen LogP contribution in [0.2, 0.25) is 5.02 Å². The maximum atomic E-state index is 13.2. The first-order valence-electron chi connectivity index (χ1n) is 9.45. The quantitative estimate of drug-likeness (QED) is 0.678. The van der Waals surface area contributed by atoms with E-state index in [-0.39, 0.29) is 18.4 Å². The van der Waals surface area contributed by atoms with Gasteiger partial charge in [0.1, 0.15) is 6.54 Å². The molecule has 0 aliphatic carbocycles. The van der Waals surface area contributed by atoms with Gasteiger partial charge in [-0.25, -0.2) is 0 Å². The number of para-hydroxylation sites is 1. The molecule has 0 bridgehead atoms. The number of carbonyl (C=O) groups excluding carboxylic acids is 2. The van der Waals surface area contributed by atoms with E-state index >= 15 is 0 Å². The molecule has 28 heavy (non-hydrogen) atoms. The van der Waals surface area contributed by atoms with E-state index in [0.717, 1.165) is 42.1 Å². The Balaban J connectivity index is 1.63. The largest absolute Gasteiger partial charge is 0.341 e. The molecule has 2 aliphatic rings. The molecule has 0 spiro atoms. The Bertz CT molecular complexity index is 920. The molecule has 0 saturated carbocycles. The topological polar surface area (TPSA) is 40.6 Å². The van der Waals surface area contributed by atoms with Gasteiger partial charge in [0.2, 0.25) is 5.91 Å². The second kappa shape index (κ2) is 8.41. The van der Waals surface area contributed by atoms with Crippen LogP contribution in [0.5, 0.6) is 0 Å². The number of benzene rings is 2. The third-order valence-electron chi connectivity index (χ3n) is 5.00. The fourth-order valence-corrected chi connectivity index (χ4v) is 4.69. The third-order valence-corrected chi connectivity index (χ3v) is 6.33. The highest BCUT2D eigenvalue weighted by Gasteiger charge is 2.31. The highest BCUT2D eigenvalue weighted by Crippen LogP contribution is 2.42. The number of carbonyl (C=O) groups is 2. The summed E-state index contributed by atoms with van der Waals surface area (Å²) >= 11 is 7.40. The van der Waals surface area contributed by atoms with E-state index in [1.165, 1.54) is 18.2 Å². The number of nitrogens with zero attached hydrogens (tertiary/aromatic N) is 2. The van der Waals surface area contributed by atoms with E-state index in [1.807, 2.05) is 47.4 Å². The maximum absolute atomic E-state index is 13.2. The summed E-state index contributed by atoms with van der Waals surface area (Å²) in [6.45, 7) is 1.64. The minimum atomic E-state index is -0.135. The van der Waals surface area contributed by atoms with Crippen LogP contribution in [0.25, 0.3) is 6.08 Å². The van der Waals surface area contributed by atoms with Gasteiger partial charge < -0.3 is 4.90 Å². The summed E-state index contributed by atoms with van der Waals surface area (Å²) in [6.07, 6.45) is 5.10. The first-order valence-corrected chi connectivity index (χ1v) is 10.6. The highest BCUT2D eigenvalue weighted by atomic mass is 35.5. The van der Waals surface area contributed by atoms with Crippen molar-refractivity contribution in [2.24, 2.45) is 0 Å². The summed E-state index contributed by atoms with van der Waals surface area (Å²) in [4.78, 5) is 31.1. The van der Waals surface area contributed by atoms with Crippen molar-refractivity contribution in [3.05, 3.63) is 64.0 Å². The van der Waals surface area contributed by atoms with Gasteiger partial charge in [-0.1, -0.05) is 47.6 Å². The van der Waals surface area contributed by atoms with E-state index < -0.39 is 0 Å². The van der Waals surface area contributed by atoms with Crippen LogP contribution < -0.4 is 4.90 Å². The zero-order chi connectivity index (χ0) is 19.5. The number of rotatable bonds is 3. The van der Waals surface area contributed by atoms with Crippen LogP contribution in [0.15, 0.2) is 58.3 Å². The first-order chi connectivity index (χ1) is 13.6. The molecule has 2 amide bonds. The Morgan fingerprint density at radius 2 is 1.75 bits per heavy atom. The van der Waals surface area contributed by atoms with Crippen LogP contribution in [0, 0.1) is 0 Å². The first kappa shape index (κ1) is 19.1. The summed E-state index contributed by atoms with van der Waals surface area (Å²) < 4.78 is 0. The van der Waals surface area contributed by atoms with Gasteiger partial charge in [-0.2, -0.15) is 0 Å². The third kappa shape index (κ3) is 4.10.